The highest BCUT2D eigenvalue weighted by molar-refractivity contribution is 9.10. The summed E-state index contributed by atoms with van der Waals surface area (Å²) in [5, 5.41) is 1.47. The van der Waals surface area contributed by atoms with E-state index >= 15 is 0 Å². The third kappa shape index (κ3) is 2.17. The van der Waals surface area contributed by atoms with Gasteiger partial charge in [0.25, 0.3) is 0 Å². The van der Waals surface area contributed by atoms with Crippen LogP contribution < -0.4 is 0 Å². The number of fused-ring (bicyclic) bond motifs is 1. The molecule has 1 N–H and O–H groups in total. The fourth-order valence-corrected chi connectivity index (χ4v) is 2.72. The van der Waals surface area contributed by atoms with Crippen LogP contribution in [-0.2, 0) is 0 Å². The van der Waals surface area contributed by atoms with E-state index in [1.54, 1.807) is 12.3 Å². The molecule has 20 heavy (non-hydrogen) atoms. The normalized spacial score (nSPS) is 10.9. The van der Waals surface area contributed by atoms with Crippen molar-refractivity contribution < 1.29 is 4.79 Å². The molecule has 0 aliphatic rings. The zero-order chi connectivity index (χ0) is 14.3. The largest absolute Gasteiger partial charge is 0.359 e. The van der Waals surface area contributed by atoms with Gasteiger partial charge in [0.2, 0.25) is 0 Å². The second-order valence-corrected chi connectivity index (χ2v) is 5.92. The summed E-state index contributed by atoms with van der Waals surface area (Å²) in [5.41, 5.74) is 3.15. The molecule has 0 bridgehead atoms. The van der Waals surface area contributed by atoms with Crippen LogP contribution in [0.3, 0.4) is 0 Å². The average molecular weight is 349 g/mol. The monoisotopic (exact) mass is 347 g/mol. The lowest BCUT2D eigenvalue weighted by Gasteiger charge is -2.03. The molecule has 0 unspecified atom stereocenters. The summed E-state index contributed by atoms with van der Waals surface area (Å²) in [6.45, 7) is 1.97. The first-order valence-corrected chi connectivity index (χ1v) is 7.31. The van der Waals surface area contributed by atoms with E-state index < -0.39 is 0 Å². The molecule has 3 rings (SSSR count). The summed E-state index contributed by atoms with van der Waals surface area (Å²) in [6, 6.07) is 11.2. The van der Waals surface area contributed by atoms with Gasteiger partial charge in [0.1, 0.15) is 0 Å². The predicted octanol–water partition coefficient (Wildman–Crippen LogP) is 5.12. The van der Waals surface area contributed by atoms with Gasteiger partial charge in [-0.05, 0) is 36.8 Å². The van der Waals surface area contributed by atoms with Gasteiger partial charge in [-0.2, -0.15) is 0 Å². The molecule has 0 amide bonds. The van der Waals surface area contributed by atoms with Crippen LogP contribution in [-0.4, -0.2) is 10.8 Å². The molecule has 0 atom stereocenters. The summed E-state index contributed by atoms with van der Waals surface area (Å²) in [6.07, 6.45) is 1.72. The second-order valence-electron chi connectivity index (χ2n) is 4.66. The van der Waals surface area contributed by atoms with E-state index in [1.807, 2.05) is 37.3 Å². The summed E-state index contributed by atoms with van der Waals surface area (Å²) < 4.78 is 0.996. The lowest BCUT2D eigenvalue weighted by molar-refractivity contribution is 0.104. The summed E-state index contributed by atoms with van der Waals surface area (Å²) in [4.78, 5) is 15.7. The fourth-order valence-electron chi connectivity index (χ4n) is 2.25. The third-order valence-corrected chi connectivity index (χ3v) is 4.53. The summed E-state index contributed by atoms with van der Waals surface area (Å²) >= 11 is 9.56. The van der Waals surface area contributed by atoms with Crippen LogP contribution in [0.1, 0.15) is 21.5 Å². The average Bonchev–Trinajstić information content (AvgIpc) is 2.86. The van der Waals surface area contributed by atoms with Gasteiger partial charge in [-0.15, -0.1) is 0 Å². The standard InChI is InChI=1S/C16H11BrClNO/c1-9-7-10(5-6-13(9)17)16(20)12-8-19-15-11(12)3-2-4-14(15)18/h2-8,19H,1H3. The van der Waals surface area contributed by atoms with Gasteiger partial charge in [0, 0.05) is 27.2 Å². The molecule has 1 heterocycles. The number of nitrogens with one attached hydrogen (secondary N) is 1. The van der Waals surface area contributed by atoms with E-state index in [9.17, 15) is 4.79 Å². The van der Waals surface area contributed by atoms with Crippen LogP contribution in [0.5, 0.6) is 0 Å². The Morgan fingerprint density at radius 1 is 1.25 bits per heavy atom. The van der Waals surface area contributed by atoms with Gasteiger partial charge in [0.15, 0.2) is 5.78 Å². The van der Waals surface area contributed by atoms with Crippen molar-refractivity contribution in [1.82, 2.24) is 4.98 Å². The Morgan fingerprint density at radius 2 is 2.05 bits per heavy atom. The molecule has 1 aromatic heterocycles. The minimum absolute atomic E-state index is 0.00545. The van der Waals surface area contributed by atoms with Gasteiger partial charge in [0.05, 0.1) is 10.5 Å². The molecule has 0 saturated heterocycles. The Labute approximate surface area is 129 Å². The van der Waals surface area contributed by atoms with E-state index in [0.717, 1.165) is 20.9 Å². The Morgan fingerprint density at radius 3 is 2.80 bits per heavy atom. The van der Waals surface area contributed by atoms with Crippen LogP contribution in [0.25, 0.3) is 10.9 Å². The molecule has 0 radical (unpaired) electrons. The number of para-hydroxylation sites is 1. The Hall–Kier alpha value is -1.58. The maximum Gasteiger partial charge on any atom is 0.195 e. The molecular weight excluding hydrogens is 338 g/mol. The molecule has 4 heteroatoms. The highest BCUT2D eigenvalue weighted by atomic mass is 79.9. The smallest absolute Gasteiger partial charge is 0.195 e. The number of aryl methyl sites for hydroxylation is 1. The lowest BCUT2D eigenvalue weighted by Crippen LogP contribution is -2.00. The summed E-state index contributed by atoms with van der Waals surface area (Å²) in [7, 11) is 0. The van der Waals surface area contributed by atoms with Crippen molar-refractivity contribution in [2.75, 3.05) is 0 Å². The fraction of sp³-hybridized carbons (Fsp3) is 0.0625. The van der Waals surface area contributed by atoms with Crippen molar-refractivity contribution in [1.29, 1.82) is 0 Å². The third-order valence-electron chi connectivity index (χ3n) is 3.33. The van der Waals surface area contributed by atoms with E-state index in [2.05, 4.69) is 20.9 Å². The molecule has 0 fully saturated rings. The van der Waals surface area contributed by atoms with E-state index in [-0.39, 0.29) is 5.78 Å². The zero-order valence-electron chi connectivity index (χ0n) is 10.7. The predicted molar refractivity (Wildman–Crippen MR) is 85.6 cm³/mol. The van der Waals surface area contributed by atoms with Crippen LogP contribution >= 0.6 is 27.5 Å². The van der Waals surface area contributed by atoms with E-state index in [1.165, 1.54) is 0 Å². The van der Waals surface area contributed by atoms with Gasteiger partial charge in [-0.25, -0.2) is 0 Å². The van der Waals surface area contributed by atoms with Crippen molar-refractivity contribution in [2.24, 2.45) is 0 Å². The topological polar surface area (TPSA) is 32.9 Å². The van der Waals surface area contributed by atoms with Crippen LogP contribution in [0, 0.1) is 6.92 Å². The van der Waals surface area contributed by atoms with Crippen molar-refractivity contribution in [2.45, 2.75) is 6.92 Å². The maximum absolute atomic E-state index is 12.6. The molecule has 100 valence electrons. The van der Waals surface area contributed by atoms with Crippen molar-refractivity contribution in [3.05, 3.63) is 68.8 Å². The first-order valence-electron chi connectivity index (χ1n) is 6.14. The number of aromatic amines is 1. The van der Waals surface area contributed by atoms with E-state index in [0.29, 0.717) is 16.1 Å². The van der Waals surface area contributed by atoms with Crippen molar-refractivity contribution in [3.63, 3.8) is 0 Å². The molecule has 0 saturated carbocycles. The number of halogens is 2. The number of carbonyl (C=O) groups excluding carboxylic acids is 1. The zero-order valence-corrected chi connectivity index (χ0v) is 13.0. The van der Waals surface area contributed by atoms with E-state index in [4.69, 9.17) is 11.6 Å². The number of H-pyrrole nitrogens is 1. The Kier molecular flexibility index (Phi) is 3.40. The Balaban J connectivity index is 2.13. The van der Waals surface area contributed by atoms with Gasteiger partial charge in [-0.1, -0.05) is 39.7 Å². The number of ketones is 1. The maximum atomic E-state index is 12.6. The quantitative estimate of drug-likeness (QED) is 0.640. The highest BCUT2D eigenvalue weighted by Crippen LogP contribution is 2.27. The lowest BCUT2D eigenvalue weighted by atomic mass is 10.0. The first-order chi connectivity index (χ1) is 9.58. The number of hydrogen-bond acceptors (Lipinski definition) is 1. The van der Waals surface area contributed by atoms with Gasteiger partial charge in [-0.3, -0.25) is 4.79 Å². The summed E-state index contributed by atoms with van der Waals surface area (Å²) in [5.74, 6) is -0.00545. The minimum atomic E-state index is -0.00545. The molecule has 0 spiro atoms. The highest BCUT2D eigenvalue weighted by Gasteiger charge is 2.15. The number of aromatic nitrogens is 1. The number of hydrogen-bond donors (Lipinski definition) is 1. The Bertz CT molecular complexity index is 822. The number of benzene rings is 2. The molecule has 2 nitrogen and oxygen atoms in total. The van der Waals surface area contributed by atoms with Crippen LogP contribution in [0.4, 0.5) is 0 Å². The number of rotatable bonds is 2. The molecule has 3 aromatic rings. The SMILES string of the molecule is Cc1cc(C(=O)c2c[nH]c3c(Cl)cccc23)ccc1Br. The number of carbonyl (C=O) groups is 1. The van der Waals surface area contributed by atoms with Gasteiger partial charge >= 0.3 is 0 Å². The van der Waals surface area contributed by atoms with Gasteiger partial charge < -0.3 is 4.98 Å². The van der Waals surface area contributed by atoms with Crippen LogP contribution in [0.15, 0.2) is 47.1 Å². The first kappa shape index (κ1) is 13.4. The second kappa shape index (κ2) is 5.08. The van der Waals surface area contributed by atoms with Crippen molar-refractivity contribution >= 4 is 44.2 Å². The minimum Gasteiger partial charge on any atom is -0.359 e. The molecule has 2 aromatic carbocycles. The molecular formula is C16H11BrClNO. The van der Waals surface area contributed by atoms with Crippen LogP contribution in [0.2, 0.25) is 5.02 Å². The molecule has 0 aliphatic carbocycles. The van der Waals surface area contributed by atoms with Crippen molar-refractivity contribution in [3.8, 4) is 0 Å². The molecule has 0 aliphatic heterocycles.